The second-order valence-corrected chi connectivity index (χ2v) is 5.55. The van der Waals surface area contributed by atoms with Crippen LogP contribution in [0.25, 0.3) is 0 Å². The molecule has 21 heavy (non-hydrogen) atoms. The number of rotatable bonds is 8. The van der Waals surface area contributed by atoms with Gasteiger partial charge in [-0.25, -0.2) is 12.8 Å². The van der Waals surface area contributed by atoms with Crippen molar-refractivity contribution >= 4 is 10.1 Å². The summed E-state index contributed by atoms with van der Waals surface area (Å²) in [5.41, 5.74) is 0. The third-order valence-corrected chi connectivity index (χ3v) is 3.44. The van der Waals surface area contributed by atoms with Gasteiger partial charge in [0.25, 0.3) is 0 Å². The molecule has 0 saturated carbocycles. The molecule has 0 aliphatic heterocycles. The molecule has 12 heteroatoms. The topological polar surface area (TPSA) is 57.2 Å². The third-order valence-electron chi connectivity index (χ3n) is 2.55. The summed E-state index contributed by atoms with van der Waals surface area (Å²) in [4.78, 5) is 0. The zero-order valence-electron chi connectivity index (χ0n) is 11.2. The predicted molar refractivity (Wildman–Crippen MR) is 53.6 cm³/mol. The van der Waals surface area contributed by atoms with Crippen molar-refractivity contribution in [2.75, 3.05) is 0 Å². The Morgan fingerprint density at radius 2 is 1.48 bits per heavy atom. The fourth-order valence-corrected chi connectivity index (χ4v) is 1.75. The summed E-state index contributed by atoms with van der Waals surface area (Å²) in [7, 11) is -7.08. The fourth-order valence-electron chi connectivity index (χ4n) is 1.30. The van der Waals surface area contributed by atoms with E-state index in [1.165, 1.54) is 0 Å². The molecule has 0 aromatic heterocycles. The van der Waals surface area contributed by atoms with E-state index in [4.69, 9.17) is 0 Å². The largest absolute Gasteiger partial charge is 1.00 e. The molecule has 0 heterocycles. The van der Waals surface area contributed by atoms with Crippen molar-refractivity contribution in [1.82, 2.24) is 0 Å². The Hall–Kier alpha value is 0.420. The van der Waals surface area contributed by atoms with E-state index in [0.29, 0.717) is 6.42 Å². The molecular formula is C9H12F7NaO3S. The Balaban J connectivity index is 0. The van der Waals surface area contributed by atoms with Crippen LogP contribution in [-0.4, -0.2) is 36.2 Å². The molecular weight excluding hydrogens is 344 g/mol. The summed E-state index contributed by atoms with van der Waals surface area (Å²) in [5.74, 6) is -12.6. The van der Waals surface area contributed by atoms with E-state index in [2.05, 4.69) is 0 Å². The van der Waals surface area contributed by atoms with E-state index < -0.39 is 39.8 Å². The van der Waals surface area contributed by atoms with E-state index >= 15 is 0 Å². The summed E-state index contributed by atoms with van der Waals surface area (Å²) in [6.07, 6.45) is -4.51. The smallest absolute Gasteiger partial charge is 0.743 e. The molecule has 0 radical (unpaired) electrons. The Kier molecular flexibility index (Phi) is 8.80. The van der Waals surface area contributed by atoms with Crippen LogP contribution in [-0.2, 0) is 10.1 Å². The Morgan fingerprint density at radius 3 is 1.81 bits per heavy atom. The maximum absolute atomic E-state index is 13.1. The molecule has 0 aliphatic carbocycles. The normalized spacial score (nSPS) is 15.5. The molecule has 0 aromatic carbocycles. The van der Waals surface area contributed by atoms with E-state index in [0.717, 1.165) is 0 Å². The molecule has 0 N–H and O–H groups in total. The van der Waals surface area contributed by atoms with Crippen molar-refractivity contribution in [3.05, 3.63) is 0 Å². The number of alkyl halides is 7. The maximum atomic E-state index is 13.1. The van der Waals surface area contributed by atoms with E-state index in [-0.39, 0.29) is 42.4 Å². The van der Waals surface area contributed by atoms with Crippen LogP contribution < -0.4 is 29.6 Å². The summed E-state index contributed by atoms with van der Waals surface area (Å²) >= 11 is 0. The first-order valence-corrected chi connectivity index (χ1v) is 6.87. The molecule has 0 amide bonds. The summed E-state index contributed by atoms with van der Waals surface area (Å²) in [6.45, 7) is 1.60. The minimum atomic E-state index is -7.08. The number of hydrogen-bond acceptors (Lipinski definition) is 3. The molecule has 1 unspecified atom stereocenters. The first kappa shape index (κ1) is 23.7. The van der Waals surface area contributed by atoms with Crippen LogP contribution in [0.2, 0.25) is 0 Å². The first-order valence-electron chi connectivity index (χ1n) is 5.46. The average molecular weight is 356 g/mol. The van der Waals surface area contributed by atoms with Crippen molar-refractivity contribution in [3.8, 4) is 0 Å². The standard InChI is InChI=1S/C9H13F7O3S.Na/c1-2-3-4-5-6(10)7(11,12)8(13,14)9(15,16)20(17,18)19;/h6H,2-5H2,1H3,(H,17,18,19);/q;+1/p-1. The Labute approximate surface area is 139 Å². The number of unbranched alkanes of at least 4 members (excludes halogenated alkanes) is 2. The number of hydrogen-bond donors (Lipinski definition) is 0. The zero-order valence-corrected chi connectivity index (χ0v) is 14.0. The maximum Gasteiger partial charge on any atom is 1.00 e. The molecule has 0 spiro atoms. The molecule has 0 rings (SSSR count). The van der Waals surface area contributed by atoms with Gasteiger partial charge >= 0.3 is 46.7 Å². The minimum absolute atomic E-state index is 0. The Bertz CT molecular complexity index is 427. The van der Waals surface area contributed by atoms with Gasteiger partial charge in [0.15, 0.2) is 16.3 Å². The second-order valence-electron chi connectivity index (χ2n) is 4.13. The quantitative estimate of drug-likeness (QED) is 0.272. The fraction of sp³-hybridized carbons (Fsp3) is 1.00. The van der Waals surface area contributed by atoms with E-state index in [9.17, 15) is 43.7 Å². The van der Waals surface area contributed by atoms with Crippen LogP contribution in [0.4, 0.5) is 30.7 Å². The average Bonchev–Trinajstić information content (AvgIpc) is 2.27. The zero-order chi connectivity index (χ0) is 16.4. The van der Waals surface area contributed by atoms with Gasteiger partial charge in [-0.1, -0.05) is 26.2 Å². The van der Waals surface area contributed by atoms with Gasteiger partial charge in [0.1, 0.15) is 0 Å². The predicted octanol–water partition coefficient (Wildman–Crippen LogP) is 0.317. The van der Waals surface area contributed by atoms with Gasteiger partial charge in [-0.2, -0.15) is 26.3 Å². The molecule has 0 bridgehead atoms. The Morgan fingerprint density at radius 1 is 1.05 bits per heavy atom. The van der Waals surface area contributed by atoms with Gasteiger partial charge in [-0.15, -0.1) is 0 Å². The van der Waals surface area contributed by atoms with Gasteiger partial charge < -0.3 is 4.55 Å². The van der Waals surface area contributed by atoms with Gasteiger partial charge in [-0.05, 0) is 6.42 Å². The second kappa shape index (κ2) is 7.80. The molecule has 1 atom stereocenters. The minimum Gasteiger partial charge on any atom is -0.743 e. The summed E-state index contributed by atoms with van der Waals surface area (Å²) in [5, 5.41) is -6.61. The van der Waals surface area contributed by atoms with Crippen molar-refractivity contribution in [3.63, 3.8) is 0 Å². The van der Waals surface area contributed by atoms with E-state index in [1.807, 2.05) is 0 Å². The molecule has 0 aliphatic rings. The van der Waals surface area contributed by atoms with Crippen LogP contribution in [0, 0.1) is 0 Å². The summed E-state index contributed by atoms with van der Waals surface area (Å²) in [6, 6.07) is 0. The van der Waals surface area contributed by atoms with Gasteiger partial charge in [0.05, 0.1) is 0 Å². The van der Waals surface area contributed by atoms with Crippen molar-refractivity contribution in [1.29, 1.82) is 0 Å². The van der Waals surface area contributed by atoms with Crippen molar-refractivity contribution in [2.45, 2.75) is 55.9 Å². The molecule has 0 aromatic rings. The molecule has 0 saturated heterocycles. The SMILES string of the molecule is CCCCCC(F)C(F)(F)C(F)(F)C(F)(F)S(=O)(=O)[O-].[Na+]. The van der Waals surface area contributed by atoms with Gasteiger partial charge in [-0.3, -0.25) is 0 Å². The van der Waals surface area contributed by atoms with Crippen LogP contribution in [0.5, 0.6) is 0 Å². The van der Waals surface area contributed by atoms with Crippen LogP contribution in [0.15, 0.2) is 0 Å². The molecule has 122 valence electrons. The first-order chi connectivity index (χ1) is 8.73. The van der Waals surface area contributed by atoms with Crippen molar-refractivity contribution < 1.29 is 73.3 Å². The molecule has 3 nitrogen and oxygen atoms in total. The van der Waals surface area contributed by atoms with Gasteiger partial charge in [0.2, 0.25) is 0 Å². The van der Waals surface area contributed by atoms with Crippen LogP contribution in [0.1, 0.15) is 32.6 Å². The van der Waals surface area contributed by atoms with Crippen LogP contribution >= 0.6 is 0 Å². The number of halogens is 7. The van der Waals surface area contributed by atoms with Crippen LogP contribution in [0.3, 0.4) is 0 Å². The third kappa shape index (κ3) is 4.69. The van der Waals surface area contributed by atoms with E-state index in [1.54, 1.807) is 6.92 Å². The van der Waals surface area contributed by atoms with Gasteiger partial charge in [0, 0.05) is 0 Å². The molecule has 0 fully saturated rings. The summed E-state index contributed by atoms with van der Waals surface area (Å²) < 4.78 is 120. The van der Waals surface area contributed by atoms with Crippen molar-refractivity contribution in [2.24, 2.45) is 0 Å². The monoisotopic (exact) mass is 356 g/mol.